The third-order valence-electron chi connectivity index (χ3n) is 7.09. The van der Waals surface area contributed by atoms with Crippen molar-refractivity contribution < 1.29 is 14.7 Å². The number of urea groups is 1. The largest absolute Gasteiger partial charge is 0.481 e. The van der Waals surface area contributed by atoms with Crippen molar-refractivity contribution in [3.63, 3.8) is 0 Å². The highest BCUT2D eigenvalue weighted by Gasteiger charge is 2.24. The molecule has 3 N–H and O–H groups in total. The number of carboxylic acids is 1. The quantitative estimate of drug-likeness (QED) is 0.228. The first-order valence-electron chi connectivity index (χ1n) is 13.5. The maximum Gasteiger partial charge on any atom is 0.323 e. The Bertz CT molecular complexity index is 1460. The smallest absolute Gasteiger partial charge is 0.323 e. The van der Waals surface area contributed by atoms with Gasteiger partial charge in [0.15, 0.2) is 5.65 Å². The van der Waals surface area contributed by atoms with Crippen LogP contribution in [0.5, 0.6) is 0 Å². The molecule has 204 valence electrons. The number of amides is 2. The van der Waals surface area contributed by atoms with E-state index in [1.165, 1.54) is 12.8 Å². The highest BCUT2D eigenvalue weighted by Crippen LogP contribution is 2.37. The summed E-state index contributed by atoms with van der Waals surface area (Å²) in [4.78, 5) is 32.5. The Labute approximate surface area is 225 Å². The Kier molecular flexibility index (Phi) is 8.09. The van der Waals surface area contributed by atoms with Crippen LogP contribution in [-0.4, -0.2) is 51.7 Å². The van der Waals surface area contributed by atoms with Crippen molar-refractivity contribution in [1.82, 2.24) is 34.6 Å². The normalized spacial score (nSPS) is 13.7. The molecule has 0 atom stereocenters. The van der Waals surface area contributed by atoms with Crippen LogP contribution >= 0.6 is 0 Å². The topological polar surface area (TPSA) is 152 Å². The van der Waals surface area contributed by atoms with Crippen molar-refractivity contribution in [2.45, 2.75) is 77.2 Å². The number of hydrogen-bond donors (Lipinski definition) is 3. The number of aromatic nitrogens is 7. The van der Waals surface area contributed by atoms with Gasteiger partial charge in [-0.3, -0.25) is 14.5 Å². The van der Waals surface area contributed by atoms with Gasteiger partial charge in [0.05, 0.1) is 47.6 Å². The summed E-state index contributed by atoms with van der Waals surface area (Å²) in [5.41, 5.74) is 5.21. The molecule has 12 nitrogen and oxygen atoms in total. The number of pyridine rings is 1. The fraction of sp³-hybridized carbons (Fsp3) is 0.444. The lowest BCUT2D eigenvalue weighted by molar-refractivity contribution is -0.137. The minimum atomic E-state index is -0.751. The molecule has 1 fully saturated rings. The Morgan fingerprint density at radius 3 is 2.69 bits per heavy atom. The number of aryl methyl sites for hydroxylation is 2. The number of unbranched alkanes of at least 4 members (excludes halogenated alkanes) is 3. The monoisotopic (exact) mass is 531 g/mol. The predicted molar refractivity (Wildman–Crippen MR) is 146 cm³/mol. The van der Waals surface area contributed by atoms with Crippen LogP contribution in [0.4, 0.5) is 16.2 Å². The molecule has 0 bridgehead atoms. The van der Waals surface area contributed by atoms with Gasteiger partial charge in [-0.15, -0.1) is 5.10 Å². The van der Waals surface area contributed by atoms with Gasteiger partial charge >= 0.3 is 12.0 Å². The predicted octanol–water partition coefficient (Wildman–Crippen LogP) is 5.03. The number of anilines is 2. The Morgan fingerprint density at radius 1 is 1.08 bits per heavy atom. The fourth-order valence-corrected chi connectivity index (χ4v) is 5.19. The Morgan fingerprint density at radius 2 is 1.90 bits per heavy atom. The molecule has 4 aromatic heterocycles. The molecular formula is C27H33N9O3. The van der Waals surface area contributed by atoms with E-state index in [1.807, 2.05) is 29.8 Å². The van der Waals surface area contributed by atoms with Gasteiger partial charge in [0, 0.05) is 24.9 Å². The average Bonchev–Trinajstić information content (AvgIpc) is 3.68. The van der Waals surface area contributed by atoms with E-state index in [-0.39, 0.29) is 12.5 Å². The minimum Gasteiger partial charge on any atom is -0.481 e. The van der Waals surface area contributed by atoms with E-state index >= 15 is 0 Å². The van der Waals surface area contributed by atoms with Gasteiger partial charge in [-0.25, -0.2) is 14.3 Å². The number of nitrogens with one attached hydrogen (secondary N) is 2. The summed E-state index contributed by atoms with van der Waals surface area (Å²) in [6, 6.07) is 3.35. The lowest BCUT2D eigenvalue weighted by Gasteiger charge is -2.17. The zero-order valence-corrected chi connectivity index (χ0v) is 22.0. The van der Waals surface area contributed by atoms with Crippen LogP contribution in [-0.2, 0) is 11.3 Å². The van der Waals surface area contributed by atoms with Gasteiger partial charge in [-0.05, 0) is 44.2 Å². The van der Waals surface area contributed by atoms with E-state index in [2.05, 4.69) is 36.0 Å². The van der Waals surface area contributed by atoms with E-state index in [0.717, 1.165) is 49.0 Å². The molecule has 0 aliphatic heterocycles. The van der Waals surface area contributed by atoms with Crippen LogP contribution < -0.4 is 10.6 Å². The number of aliphatic carboxylic acids is 1. The molecule has 0 unspecified atom stereocenters. The van der Waals surface area contributed by atoms with E-state index in [1.54, 1.807) is 23.3 Å². The Hall–Kier alpha value is -4.35. The summed E-state index contributed by atoms with van der Waals surface area (Å²) in [5.74, 6) is -0.419. The molecule has 1 aliphatic rings. The van der Waals surface area contributed by atoms with E-state index in [9.17, 15) is 9.59 Å². The van der Waals surface area contributed by atoms with Gasteiger partial charge < -0.3 is 15.7 Å². The molecule has 0 saturated heterocycles. The van der Waals surface area contributed by atoms with Crippen molar-refractivity contribution in [1.29, 1.82) is 0 Å². The summed E-state index contributed by atoms with van der Waals surface area (Å²) in [6.45, 7) is 2.63. The number of fused-ring (bicyclic) bond motifs is 1. The van der Waals surface area contributed by atoms with Crippen molar-refractivity contribution in [3.05, 3.63) is 48.2 Å². The fourth-order valence-electron chi connectivity index (χ4n) is 5.19. The van der Waals surface area contributed by atoms with Crippen LogP contribution in [0.15, 0.2) is 36.9 Å². The molecule has 0 spiro atoms. The summed E-state index contributed by atoms with van der Waals surface area (Å²) in [7, 11) is 0. The first kappa shape index (κ1) is 26.3. The highest BCUT2D eigenvalue weighted by atomic mass is 16.4. The van der Waals surface area contributed by atoms with Crippen LogP contribution in [0.1, 0.15) is 75.0 Å². The summed E-state index contributed by atoms with van der Waals surface area (Å²) in [6.07, 6.45) is 15.0. The molecule has 0 aromatic carbocycles. The van der Waals surface area contributed by atoms with Crippen molar-refractivity contribution >= 4 is 29.0 Å². The molecule has 2 amide bonds. The summed E-state index contributed by atoms with van der Waals surface area (Å²) in [5, 5.41) is 27.5. The van der Waals surface area contributed by atoms with Crippen LogP contribution in [0.3, 0.4) is 0 Å². The average molecular weight is 532 g/mol. The molecule has 39 heavy (non-hydrogen) atoms. The molecule has 1 aliphatic carbocycles. The lowest BCUT2D eigenvalue weighted by atomic mass is 10.0. The molecule has 4 aromatic rings. The standard InChI is InChI=1S/C27H33N9O3/c1-18-14-20(15-29-25(18)22-17-35(34-33-22)13-7-3-2-4-10-24(37)38)31-27(39)32-21-16-28-23-11-12-30-36(23)26(21)19-8-5-6-9-19/h11-12,14-17,19H,2-10,13H2,1H3,(H,37,38)(H2,31,32,39). The number of carboxylic acid groups (broad SMARTS) is 1. The van der Waals surface area contributed by atoms with Crippen molar-refractivity contribution in [2.75, 3.05) is 10.6 Å². The maximum absolute atomic E-state index is 12.9. The number of carbonyl (C=O) groups is 2. The SMILES string of the molecule is Cc1cc(NC(=O)Nc2cnc3ccnn3c2C2CCCC2)cnc1-c1cn(CCCCCCC(=O)O)nn1. The van der Waals surface area contributed by atoms with Gasteiger partial charge in [0.2, 0.25) is 0 Å². The van der Waals surface area contributed by atoms with Gasteiger partial charge in [-0.1, -0.05) is 30.9 Å². The van der Waals surface area contributed by atoms with Gasteiger partial charge in [-0.2, -0.15) is 5.10 Å². The molecule has 4 heterocycles. The van der Waals surface area contributed by atoms with Crippen molar-refractivity contribution in [3.8, 4) is 11.4 Å². The first-order valence-corrected chi connectivity index (χ1v) is 13.5. The number of rotatable bonds is 11. The van der Waals surface area contributed by atoms with Crippen molar-refractivity contribution in [2.24, 2.45) is 0 Å². The lowest BCUT2D eigenvalue weighted by Crippen LogP contribution is -2.22. The number of hydrogen-bond acceptors (Lipinski definition) is 7. The van der Waals surface area contributed by atoms with Crippen LogP contribution in [0.2, 0.25) is 0 Å². The summed E-state index contributed by atoms with van der Waals surface area (Å²) < 4.78 is 3.61. The number of nitrogens with zero attached hydrogens (tertiary/aromatic N) is 7. The molecule has 5 rings (SSSR count). The van der Waals surface area contributed by atoms with E-state index in [4.69, 9.17) is 5.11 Å². The van der Waals surface area contributed by atoms with Crippen LogP contribution in [0.25, 0.3) is 17.0 Å². The number of carbonyl (C=O) groups excluding carboxylic acids is 1. The first-order chi connectivity index (χ1) is 19.0. The molecule has 1 saturated carbocycles. The summed E-state index contributed by atoms with van der Waals surface area (Å²) >= 11 is 0. The zero-order chi connectivity index (χ0) is 27.2. The van der Waals surface area contributed by atoms with Crippen LogP contribution in [0, 0.1) is 6.92 Å². The van der Waals surface area contributed by atoms with Gasteiger partial charge in [0.1, 0.15) is 5.69 Å². The second-order valence-electron chi connectivity index (χ2n) is 10.0. The Balaban J connectivity index is 1.20. The van der Waals surface area contributed by atoms with E-state index < -0.39 is 5.97 Å². The van der Waals surface area contributed by atoms with E-state index in [0.29, 0.717) is 41.6 Å². The molecular weight excluding hydrogens is 498 g/mol. The second kappa shape index (κ2) is 12.0. The zero-order valence-electron chi connectivity index (χ0n) is 22.0. The minimum absolute atomic E-state index is 0.213. The molecule has 12 heteroatoms. The molecule has 0 radical (unpaired) electrons. The third-order valence-corrected chi connectivity index (χ3v) is 7.09. The highest BCUT2D eigenvalue weighted by molar-refractivity contribution is 6.00. The second-order valence-corrected chi connectivity index (χ2v) is 10.0. The van der Waals surface area contributed by atoms with Gasteiger partial charge in [0.25, 0.3) is 0 Å². The maximum atomic E-state index is 12.9. The third kappa shape index (κ3) is 6.39.